The number of nitrogens with one attached hydrogen (secondary N) is 1. The molecule has 0 spiro atoms. The Morgan fingerprint density at radius 3 is 2.50 bits per heavy atom. The van der Waals surface area contributed by atoms with Crippen LogP contribution in [0.2, 0.25) is 0 Å². The molecular formula is C11H20N4O. The van der Waals surface area contributed by atoms with Crippen molar-refractivity contribution in [3.8, 4) is 0 Å². The molecule has 0 radical (unpaired) electrons. The predicted octanol–water partition coefficient (Wildman–Crippen LogP) is 1.27. The number of aliphatic hydroxyl groups is 1. The standard InChI is InChI=1S/C11H20N4O/c1-11(2,3)8(6-7-16)13-10-5-4-9(12)14-15-10/h4-5,8,16H,6-7H2,1-3H3,(H2,12,14)(H,13,15). The van der Waals surface area contributed by atoms with Gasteiger partial charge in [0, 0.05) is 12.6 Å². The number of nitrogens with two attached hydrogens (primary N) is 1. The zero-order valence-corrected chi connectivity index (χ0v) is 10.1. The van der Waals surface area contributed by atoms with Crippen molar-refractivity contribution in [2.24, 2.45) is 5.41 Å². The summed E-state index contributed by atoms with van der Waals surface area (Å²) >= 11 is 0. The van der Waals surface area contributed by atoms with Crippen molar-refractivity contribution in [3.63, 3.8) is 0 Å². The fourth-order valence-corrected chi connectivity index (χ4v) is 1.45. The van der Waals surface area contributed by atoms with Crippen LogP contribution in [0, 0.1) is 5.41 Å². The summed E-state index contributed by atoms with van der Waals surface area (Å²) in [5.41, 5.74) is 5.51. The number of hydrogen-bond acceptors (Lipinski definition) is 5. The number of hydrogen-bond donors (Lipinski definition) is 3. The minimum absolute atomic E-state index is 0.0474. The monoisotopic (exact) mass is 224 g/mol. The van der Waals surface area contributed by atoms with Crippen molar-refractivity contribution >= 4 is 11.6 Å². The zero-order valence-electron chi connectivity index (χ0n) is 10.1. The van der Waals surface area contributed by atoms with Gasteiger partial charge < -0.3 is 16.2 Å². The maximum absolute atomic E-state index is 9.03. The summed E-state index contributed by atoms with van der Waals surface area (Å²) in [4.78, 5) is 0. The molecule has 0 bridgehead atoms. The smallest absolute Gasteiger partial charge is 0.149 e. The van der Waals surface area contributed by atoms with Crippen molar-refractivity contribution in [3.05, 3.63) is 12.1 Å². The van der Waals surface area contributed by atoms with Gasteiger partial charge >= 0.3 is 0 Å². The summed E-state index contributed by atoms with van der Waals surface area (Å²) in [5, 5.41) is 20.0. The molecule has 1 unspecified atom stereocenters. The molecule has 1 rings (SSSR count). The molecule has 1 atom stereocenters. The zero-order chi connectivity index (χ0) is 12.2. The number of aromatic nitrogens is 2. The van der Waals surface area contributed by atoms with Crippen LogP contribution in [-0.4, -0.2) is 28.0 Å². The van der Waals surface area contributed by atoms with Crippen molar-refractivity contribution in [1.29, 1.82) is 0 Å². The van der Waals surface area contributed by atoms with Crippen LogP contribution in [0.3, 0.4) is 0 Å². The van der Waals surface area contributed by atoms with Gasteiger partial charge in [-0.15, -0.1) is 10.2 Å². The lowest BCUT2D eigenvalue weighted by atomic mass is 9.85. The predicted molar refractivity (Wildman–Crippen MR) is 65.0 cm³/mol. The Morgan fingerprint density at radius 1 is 1.38 bits per heavy atom. The Kier molecular flexibility index (Phi) is 4.06. The van der Waals surface area contributed by atoms with Gasteiger partial charge in [0.25, 0.3) is 0 Å². The highest BCUT2D eigenvalue weighted by Crippen LogP contribution is 2.24. The first-order chi connectivity index (χ1) is 7.43. The number of anilines is 2. The molecule has 0 aliphatic carbocycles. The van der Waals surface area contributed by atoms with E-state index in [-0.39, 0.29) is 18.1 Å². The molecule has 0 saturated carbocycles. The highest BCUT2D eigenvalue weighted by Gasteiger charge is 2.24. The van der Waals surface area contributed by atoms with E-state index in [9.17, 15) is 0 Å². The summed E-state index contributed by atoms with van der Waals surface area (Å²) in [7, 11) is 0. The van der Waals surface area contributed by atoms with E-state index < -0.39 is 0 Å². The average Bonchev–Trinajstić information content (AvgIpc) is 2.19. The maximum Gasteiger partial charge on any atom is 0.149 e. The Balaban J connectivity index is 2.72. The molecule has 0 aromatic carbocycles. The van der Waals surface area contributed by atoms with Gasteiger partial charge in [-0.2, -0.15) is 0 Å². The molecule has 90 valence electrons. The number of rotatable bonds is 4. The molecule has 5 heteroatoms. The molecule has 0 aliphatic rings. The molecule has 1 heterocycles. The Morgan fingerprint density at radius 2 is 2.06 bits per heavy atom. The highest BCUT2D eigenvalue weighted by molar-refractivity contribution is 5.39. The second kappa shape index (κ2) is 5.12. The molecule has 0 aliphatic heterocycles. The third kappa shape index (κ3) is 3.66. The van der Waals surface area contributed by atoms with Gasteiger partial charge in [-0.05, 0) is 24.0 Å². The second-order valence-corrected chi connectivity index (χ2v) is 4.92. The van der Waals surface area contributed by atoms with Gasteiger partial charge in [0.1, 0.15) is 11.6 Å². The van der Waals surface area contributed by atoms with Crippen LogP contribution in [0.5, 0.6) is 0 Å². The van der Waals surface area contributed by atoms with Crippen LogP contribution in [0.4, 0.5) is 11.6 Å². The Labute approximate surface area is 96.1 Å². The van der Waals surface area contributed by atoms with E-state index in [1.165, 1.54) is 0 Å². The second-order valence-electron chi connectivity index (χ2n) is 4.92. The lowest BCUT2D eigenvalue weighted by Crippen LogP contribution is -2.35. The molecule has 16 heavy (non-hydrogen) atoms. The van der Waals surface area contributed by atoms with E-state index in [2.05, 4.69) is 36.3 Å². The van der Waals surface area contributed by atoms with E-state index in [0.29, 0.717) is 18.1 Å². The largest absolute Gasteiger partial charge is 0.396 e. The van der Waals surface area contributed by atoms with Crippen molar-refractivity contribution in [1.82, 2.24) is 10.2 Å². The van der Waals surface area contributed by atoms with Crippen LogP contribution < -0.4 is 11.1 Å². The summed E-state index contributed by atoms with van der Waals surface area (Å²) < 4.78 is 0. The molecule has 5 nitrogen and oxygen atoms in total. The summed E-state index contributed by atoms with van der Waals surface area (Å²) in [6.45, 7) is 6.50. The topological polar surface area (TPSA) is 84.1 Å². The van der Waals surface area contributed by atoms with Crippen molar-refractivity contribution in [2.45, 2.75) is 33.2 Å². The van der Waals surface area contributed by atoms with Crippen molar-refractivity contribution in [2.75, 3.05) is 17.7 Å². The van der Waals surface area contributed by atoms with Crippen LogP contribution in [-0.2, 0) is 0 Å². The maximum atomic E-state index is 9.03. The number of aliphatic hydroxyl groups excluding tert-OH is 1. The van der Waals surface area contributed by atoms with E-state index in [1.807, 2.05) is 0 Å². The normalized spacial score (nSPS) is 13.5. The molecule has 0 amide bonds. The Bertz CT molecular complexity index is 318. The SMILES string of the molecule is CC(C)(C)C(CCO)Nc1ccc(N)nn1. The van der Waals surface area contributed by atoms with Crippen LogP contribution in [0.1, 0.15) is 27.2 Å². The molecule has 1 aromatic heterocycles. The average molecular weight is 224 g/mol. The third-order valence-electron chi connectivity index (χ3n) is 2.47. The third-order valence-corrected chi connectivity index (χ3v) is 2.47. The first-order valence-electron chi connectivity index (χ1n) is 5.40. The first-order valence-corrected chi connectivity index (χ1v) is 5.40. The van der Waals surface area contributed by atoms with Gasteiger partial charge in [-0.1, -0.05) is 20.8 Å². The van der Waals surface area contributed by atoms with Gasteiger partial charge in [0.05, 0.1) is 0 Å². The molecule has 0 fully saturated rings. The van der Waals surface area contributed by atoms with Gasteiger partial charge in [-0.3, -0.25) is 0 Å². The summed E-state index contributed by atoms with van der Waals surface area (Å²) in [6.07, 6.45) is 0.676. The van der Waals surface area contributed by atoms with Crippen LogP contribution >= 0.6 is 0 Å². The Hall–Kier alpha value is -1.36. The first kappa shape index (κ1) is 12.7. The van der Waals surface area contributed by atoms with E-state index in [1.54, 1.807) is 12.1 Å². The highest BCUT2D eigenvalue weighted by atomic mass is 16.3. The molecule has 1 aromatic rings. The van der Waals surface area contributed by atoms with Gasteiger partial charge in [0.2, 0.25) is 0 Å². The summed E-state index contributed by atoms with van der Waals surface area (Å²) in [5.74, 6) is 1.09. The van der Waals surface area contributed by atoms with Gasteiger partial charge in [-0.25, -0.2) is 0 Å². The summed E-state index contributed by atoms with van der Waals surface area (Å²) in [6, 6.07) is 3.64. The van der Waals surface area contributed by atoms with Gasteiger partial charge in [0.15, 0.2) is 0 Å². The lowest BCUT2D eigenvalue weighted by molar-refractivity contribution is 0.235. The minimum Gasteiger partial charge on any atom is -0.396 e. The van der Waals surface area contributed by atoms with Crippen LogP contribution in [0.25, 0.3) is 0 Å². The fourth-order valence-electron chi connectivity index (χ4n) is 1.45. The lowest BCUT2D eigenvalue weighted by Gasteiger charge is -2.31. The van der Waals surface area contributed by atoms with Crippen LogP contribution in [0.15, 0.2) is 12.1 Å². The van der Waals surface area contributed by atoms with E-state index in [0.717, 1.165) is 0 Å². The molecule has 0 saturated heterocycles. The molecule has 4 N–H and O–H groups in total. The quantitative estimate of drug-likeness (QED) is 0.717. The fraction of sp³-hybridized carbons (Fsp3) is 0.636. The van der Waals surface area contributed by atoms with E-state index >= 15 is 0 Å². The molecular weight excluding hydrogens is 204 g/mol. The van der Waals surface area contributed by atoms with Crippen molar-refractivity contribution < 1.29 is 5.11 Å². The number of nitrogens with zero attached hydrogens (tertiary/aromatic N) is 2. The number of nitrogen functional groups attached to an aromatic ring is 1. The minimum atomic E-state index is 0.0474. The van der Waals surface area contributed by atoms with E-state index in [4.69, 9.17) is 10.8 Å².